The van der Waals surface area contributed by atoms with Crippen LogP contribution in [0.1, 0.15) is 12.5 Å². The summed E-state index contributed by atoms with van der Waals surface area (Å²) < 4.78 is 19.6. The molecule has 2 N–H and O–H groups in total. The van der Waals surface area contributed by atoms with Crippen molar-refractivity contribution in [1.29, 1.82) is 0 Å². The van der Waals surface area contributed by atoms with Gasteiger partial charge >= 0.3 is 0 Å². The number of ether oxygens (including phenoxy) is 1. The van der Waals surface area contributed by atoms with Gasteiger partial charge in [0, 0.05) is 26.2 Å². The third-order valence-corrected chi connectivity index (χ3v) is 3.54. The Balaban J connectivity index is 0.00000288. The van der Waals surface area contributed by atoms with Gasteiger partial charge < -0.3 is 20.3 Å². The molecule has 0 spiro atoms. The van der Waals surface area contributed by atoms with Gasteiger partial charge in [-0.15, -0.1) is 30.6 Å². The van der Waals surface area contributed by atoms with Crippen LogP contribution in [-0.2, 0) is 11.3 Å². The molecule has 24 heavy (non-hydrogen) atoms. The third-order valence-electron chi connectivity index (χ3n) is 3.54. The van der Waals surface area contributed by atoms with E-state index in [-0.39, 0.29) is 29.8 Å². The minimum Gasteiger partial charge on any atom is -0.378 e. The first-order chi connectivity index (χ1) is 11.2. The molecule has 1 aliphatic heterocycles. The number of aliphatic imine (C=N–C) groups is 1. The topological polar surface area (TPSA) is 48.9 Å². The van der Waals surface area contributed by atoms with Crippen molar-refractivity contribution in [3.63, 3.8) is 0 Å². The van der Waals surface area contributed by atoms with Gasteiger partial charge in [0.15, 0.2) is 5.96 Å². The maximum Gasteiger partial charge on any atom is 0.191 e. The summed E-state index contributed by atoms with van der Waals surface area (Å²) >= 11 is 0. The summed E-state index contributed by atoms with van der Waals surface area (Å²) in [4.78, 5) is 6.47. The molecule has 2 rings (SSSR count). The quantitative estimate of drug-likeness (QED) is 0.304. The predicted octanol–water partition coefficient (Wildman–Crippen LogP) is 2.52. The number of guanidine groups is 1. The van der Waals surface area contributed by atoms with Crippen LogP contribution in [0.25, 0.3) is 0 Å². The average Bonchev–Trinajstić information content (AvgIpc) is 2.58. The second-order valence-electron chi connectivity index (χ2n) is 5.25. The molecule has 7 heteroatoms. The highest BCUT2D eigenvalue weighted by atomic mass is 127. The Morgan fingerprint density at radius 1 is 1.38 bits per heavy atom. The minimum absolute atomic E-state index is 0. The van der Waals surface area contributed by atoms with Crippen molar-refractivity contribution in [2.75, 3.05) is 44.3 Å². The van der Waals surface area contributed by atoms with Gasteiger partial charge in [-0.1, -0.05) is 12.1 Å². The van der Waals surface area contributed by atoms with Crippen LogP contribution >= 0.6 is 24.0 Å². The van der Waals surface area contributed by atoms with Crippen molar-refractivity contribution in [2.24, 2.45) is 4.99 Å². The number of nitrogens with zero attached hydrogens (tertiary/aromatic N) is 2. The van der Waals surface area contributed by atoms with Gasteiger partial charge in [0.1, 0.15) is 5.82 Å². The molecule has 1 aromatic rings. The van der Waals surface area contributed by atoms with E-state index in [1.807, 2.05) is 24.0 Å². The zero-order chi connectivity index (χ0) is 16.5. The van der Waals surface area contributed by atoms with E-state index in [0.29, 0.717) is 38.0 Å². The summed E-state index contributed by atoms with van der Waals surface area (Å²) in [5.74, 6) is 0.494. The molecule has 0 aromatic heterocycles. The van der Waals surface area contributed by atoms with Gasteiger partial charge in [0.25, 0.3) is 0 Å². The number of rotatable bonds is 6. The van der Waals surface area contributed by atoms with Crippen molar-refractivity contribution in [3.05, 3.63) is 42.2 Å². The predicted molar refractivity (Wildman–Crippen MR) is 108 cm³/mol. The van der Waals surface area contributed by atoms with E-state index >= 15 is 0 Å². The number of morpholine rings is 1. The Bertz CT molecular complexity index is 547. The molecule has 1 aliphatic rings. The van der Waals surface area contributed by atoms with Gasteiger partial charge in [-0.3, -0.25) is 0 Å². The lowest BCUT2D eigenvalue weighted by Crippen LogP contribution is -2.37. The van der Waals surface area contributed by atoms with E-state index in [0.717, 1.165) is 25.2 Å². The number of anilines is 1. The number of hydrogen-bond donors (Lipinski definition) is 2. The van der Waals surface area contributed by atoms with Crippen molar-refractivity contribution in [3.8, 4) is 0 Å². The van der Waals surface area contributed by atoms with E-state index in [1.165, 1.54) is 0 Å². The molecule has 0 aliphatic carbocycles. The molecule has 1 fully saturated rings. The number of nitrogens with one attached hydrogen (secondary N) is 2. The van der Waals surface area contributed by atoms with Crippen LogP contribution in [-0.4, -0.2) is 45.4 Å². The van der Waals surface area contributed by atoms with Gasteiger partial charge in [-0.25, -0.2) is 9.38 Å². The first-order valence-electron chi connectivity index (χ1n) is 7.98. The SMILES string of the molecule is C=CCNC(=NCc1ccc(N2CCOCC2)c(F)c1)NCC.I. The largest absolute Gasteiger partial charge is 0.378 e. The molecule has 134 valence electrons. The first kappa shape index (κ1) is 20.7. The van der Waals surface area contributed by atoms with Crippen LogP contribution in [0.4, 0.5) is 10.1 Å². The highest BCUT2D eigenvalue weighted by molar-refractivity contribution is 14.0. The van der Waals surface area contributed by atoms with Crippen molar-refractivity contribution >= 4 is 35.6 Å². The molecule has 1 aromatic carbocycles. The lowest BCUT2D eigenvalue weighted by molar-refractivity contribution is 0.122. The fourth-order valence-electron chi connectivity index (χ4n) is 2.39. The van der Waals surface area contributed by atoms with E-state index < -0.39 is 0 Å². The Morgan fingerprint density at radius 3 is 2.75 bits per heavy atom. The maximum atomic E-state index is 14.3. The smallest absolute Gasteiger partial charge is 0.191 e. The fraction of sp³-hybridized carbons (Fsp3) is 0.471. The van der Waals surface area contributed by atoms with Crippen molar-refractivity contribution in [1.82, 2.24) is 10.6 Å². The maximum absolute atomic E-state index is 14.3. The molecular formula is C17H26FIN4O. The molecule has 0 atom stereocenters. The molecule has 1 heterocycles. The van der Waals surface area contributed by atoms with Crippen LogP contribution in [0.15, 0.2) is 35.8 Å². The second-order valence-corrected chi connectivity index (χ2v) is 5.25. The fourth-order valence-corrected chi connectivity index (χ4v) is 2.39. The van der Waals surface area contributed by atoms with Crippen LogP contribution in [0.3, 0.4) is 0 Å². The van der Waals surface area contributed by atoms with E-state index in [2.05, 4.69) is 22.2 Å². The van der Waals surface area contributed by atoms with Crippen molar-refractivity contribution in [2.45, 2.75) is 13.5 Å². The zero-order valence-corrected chi connectivity index (χ0v) is 16.4. The highest BCUT2D eigenvalue weighted by Gasteiger charge is 2.15. The summed E-state index contributed by atoms with van der Waals surface area (Å²) in [5.41, 5.74) is 1.48. The zero-order valence-electron chi connectivity index (χ0n) is 14.1. The van der Waals surface area contributed by atoms with Gasteiger partial charge in [-0.2, -0.15) is 0 Å². The Hall–Kier alpha value is -1.35. The molecule has 0 radical (unpaired) electrons. The molecule has 0 bridgehead atoms. The molecule has 5 nitrogen and oxygen atoms in total. The van der Waals surface area contributed by atoms with Crippen LogP contribution in [0, 0.1) is 5.82 Å². The van der Waals surface area contributed by atoms with Gasteiger partial charge in [0.05, 0.1) is 25.4 Å². The molecule has 1 saturated heterocycles. The minimum atomic E-state index is -0.205. The second kappa shape index (κ2) is 11.2. The van der Waals surface area contributed by atoms with E-state index in [4.69, 9.17) is 4.74 Å². The number of benzene rings is 1. The summed E-state index contributed by atoms with van der Waals surface area (Å²) in [6, 6.07) is 5.31. The summed E-state index contributed by atoms with van der Waals surface area (Å²) in [6.07, 6.45) is 1.77. The molecule has 0 unspecified atom stereocenters. The van der Waals surface area contributed by atoms with Crippen LogP contribution in [0.5, 0.6) is 0 Å². The van der Waals surface area contributed by atoms with Crippen LogP contribution < -0.4 is 15.5 Å². The molecule has 0 saturated carbocycles. The lowest BCUT2D eigenvalue weighted by atomic mass is 10.1. The highest BCUT2D eigenvalue weighted by Crippen LogP contribution is 2.21. The normalized spacial score (nSPS) is 14.8. The molecular weight excluding hydrogens is 422 g/mol. The van der Waals surface area contributed by atoms with Gasteiger partial charge in [0.2, 0.25) is 0 Å². The van der Waals surface area contributed by atoms with E-state index in [1.54, 1.807) is 12.1 Å². The summed E-state index contributed by atoms with van der Waals surface area (Å²) in [5, 5.41) is 6.26. The Labute approximate surface area is 160 Å². The average molecular weight is 448 g/mol. The summed E-state index contributed by atoms with van der Waals surface area (Å²) in [7, 11) is 0. The monoisotopic (exact) mass is 448 g/mol. The number of halogens is 2. The van der Waals surface area contributed by atoms with Crippen LogP contribution in [0.2, 0.25) is 0 Å². The lowest BCUT2D eigenvalue weighted by Gasteiger charge is -2.29. The van der Waals surface area contributed by atoms with Crippen molar-refractivity contribution < 1.29 is 9.13 Å². The third kappa shape index (κ3) is 6.27. The summed E-state index contributed by atoms with van der Waals surface area (Å²) in [6.45, 7) is 10.2. The Kier molecular flexibility index (Phi) is 9.70. The molecule has 0 amide bonds. The number of hydrogen-bond acceptors (Lipinski definition) is 3. The standard InChI is InChI=1S/C17H25FN4O.HI/c1-3-7-20-17(19-4-2)21-13-14-5-6-16(15(18)12-14)22-8-10-23-11-9-22;/h3,5-6,12H,1,4,7-11,13H2,2H3,(H2,19,20,21);1H. The first-order valence-corrected chi connectivity index (χ1v) is 7.98. The van der Waals surface area contributed by atoms with Gasteiger partial charge in [-0.05, 0) is 24.6 Å². The Morgan fingerprint density at radius 2 is 2.12 bits per heavy atom. The van der Waals surface area contributed by atoms with E-state index in [9.17, 15) is 4.39 Å².